The van der Waals surface area contributed by atoms with E-state index in [9.17, 15) is 9.90 Å². The minimum atomic E-state index is -0.791. The van der Waals surface area contributed by atoms with E-state index in [1.165, 1.54) is 193 Å². The van der Waals surface area contributed by atoms with Gasteiger partial charge >= 0.3 is 5.97 Å². The van der Waals surface area contributed by atoms with Crippen molar-refractivity contribution >= 4 is 5.97 Å². The van der Waals surface area contributed by atoms with E-state index in [0.717, 1.165) is 36.9 Å². The highest BCUT2D eigenvalue weighted by Crippen LogP contribution is 2.20. The number of aromatic nitrogens is 1. The number of unbranched alkanes of at least 4 members (excludes halogenated alkanes) is 30. The van der Waals surface area contributed by atoms with Gasteiger partial charge in [0.15, 0.2) is 0 Å². The molecule has 0 radical (unpaired) electrons. The van der Waals surface area contributed by atoms with Crippen LogP contribution < -0.4 is 0 Å². The summed E-state index contributed by atoms with van der Waals surface area (Å²) < 4.78 is 0. The molecule has 0 aliphatic carbocycles. The zero-order valence-electron chi connectivity index (χ0n) is 30.5. The van der Waals surface area contributed by atoms with Crippen LogP contribution >= 0.6 is 0 Å². The van der Waals surface area contributed by atoms with E-state index >= 15 is 0 Å². The molecule has 0 unspecified atom stereocenters. The minimum Gasteiger partial charge on any atom is -0.478 e. The van der Waals surface area contributed by atoms with Crippen LogP contribution in [0.25, 0.3) is 0 Å². The van der Waals surface area contributed by atoms with Crippen LogP contribution in [-0.2, 0) is 12.8 Å². The van der Waals surface area contributed by atoms with E-state index in [1.54, 1.807) is 0 Å². The molecule has 262 valence electrons. The van der Waals surface area contributed by atoms with Gasteiger partial charge in [-0.15, -0.1) is 0 Å². The Balaban J connectivity index is 2.04. The quantitative estimate of drug-likeness (QED) is 0.0762. The maximum atomic E-state index is 12.1. The lowest BCUT2D eigenvalue weighted by molar-refractivity contribution is 0.0693. The van der Waals surface area contributed by atoms with Crippen LogP contribution in [0, 0.1) is 0 Å². The van der Waals surface area contributed by atoms with Crippen LogP contribution in [0.1, 0.15) is 241 Å². The third kappa shape index (κ3) is 25.4. The van der Waals surface area contributed by atoms with Crippen LogP contribution in [0.4, 0.5) is 0 Å². The second-order valence-electron chi connectivity index (χ2n) is 14.2. The average molecular weight is 628 g/mol. The zero-order valence-corrected chi connectivity index (χ0v) is 30.5. The molecule has 0 fully saturated rings. The molecule has 1 heterocycles. The first-order chi connectivity index (χ1) is 22.2. The molecule has 0 atom stereocenters. The fourth-order valence-electron chi connectivity index (χ4n) is 6.91. The molecule has 0 aliphatic rings. The number of hydrogen-bond donors (Lipinski definition) is 1. The molecule has 0 aromatic carbocycles. The van der Waals surface area contributed by atoms with Crippen LogP contribution in [0.5, 0.6) is 0 Å². The van der Waals surface area contributed by atoms with Crippen molar-refractivity contribution in [1.82, 2.24) is 4.98 Å². The van der Waals surface area contributed by atoms with E-state index in [4.69, 9.17) is 0 Å². The van der Waals surface area contributed by atoms with Crippen molar-refractivity contribution in [2.45, 2.75) is 232 Å². The topological polar surface area (TPSA) is 50.2 Å². The van der Waals surface area contributed by atoms with Crippen molar-refractivity contribution in [2.24, 2.45) is 0 Å². The highest BCUT2D eigenvalue weighted by Gasteiger charge is 2.16. The Hall–Kier alpha value is -1.38. The molecule has 3 heteroatoms. The lowest BCUT2D eigenvalue weighted by atomic mass is 9.97. The van der Waals surface area contributed by atoms with Gasteiger partial charge in [0, 0.05) is 6.20 Å². The van der Waals surface area contributed by atoms with E-state index < -0.39 is 5.97 Å². The first-order valence-corrected chi connectivity index (χ1v) is 20.4. The highest BCUT2D eigenvalue weighted by atomic mass is 16.4. The summed E-state index contributed by atoms with van der Waals surface area (Å²) in [6.07, 6.45) is 47.0. The summed E-state index contributed by atoms with van der Waals surface area (Å²) in [7, 11) is 0. The summed E-state index contributed by atoms with van der Waals surface area (Å²) in [5.74, 6) is -0.791. The van der Waals surface area contributed by atoms with Crippen molar-refractivity contribution in [2.75, 3.05) is 0 Å². The van der Waals surface area contributed by atoms with Gasteiger partial charge in [-0.1, -0.05) is 206 Å². The zero-order chi connectivity index (χ0) is 32.5. The number of carboxylic acids is 1. The summed E-state index contributed by atoms with van der Waals surface area (Å²) in [6.45, 7) is 4.58. The summed E-state index contributed by atoms with van der Waals surface area (Å²) in [6, 6.07) is 1.95. The SMILES string of the molecule is CCCCCCCCCCCCCCCCCCc1ccnc(CCCCCCCCCCCCCCCCCC)c1C(=O)O. The number of carboxylic acid groups (broad SMARTS) is 1. The van der Waals surface area contributed by atoms with Gasteiger partial charge in [-0.3, -0.25) is 4.98 Å². The minimum absolute atomic E-state index is 0.499. The maximum absolute atomic E-state index is 12.1. The van der Waals surface area contributed by atoms with Crippen LogP contribution in [-0.4, -0.2) is 16.1 Å². The van der Waals surface area contributed by atoms with Crippen molar-refractivity contribution < 1.29 is 9.90 Å². The summed E-state index contributed by atoms with van der Waals surface area (Å²) in [5, 5.41) is 9.98. The van der Waals surface area contributed by atoms with E-state index in [2.05, 4.69) is 18.8 Å². The molecule has 3 nitrogen and oxygen atoms in total. The van der Waals surface area contributed by atoms with Crippen LogP contribution in [0.2, 0.25) is 0 Å². The first kappa shape index (κ1) is 41.6. The lowest BCUT2D eigenvalue weighted by Crippen LogP contribution is -2.09. The number of hydrogen-bond acceptors (Lipinski definition) is 2. The summed E-state index contributed by atoms with van der Waals surface area (Å²) in [5.41, 5.74) is 2.30. The molecule has 0 spiro atoms. The lowest BCUT2D eigenvalue weighted by Gasteiger charge is -2.11. The van der Waals surface area contributed by atoms with Gasteiger partial charge in [0.05, 0.1) is 11.3 Å². The summed E-state index contributed by atoms with van der Waals surface area (Å²) in [4.78, 5) is 16.7. The second-order valence-corrected chi connectivity index (χ2v) is 14.2. The van der Waals surface area contributed by atoms with E-state index in [-0.39, 0.29) is 0 Å². The van der Waals surface area contributed by atoms with Gasteiger partial charge in [0.2, 0.25) is 0 Å². The average Bonchev–Trinajstić information content (AvgIpc) is 3.04. The molecule has 1 aromatic rings. The van der Waals surface area contributed by atoms with Crippen molar-refractivity contribution in [3.05, 3.63) is 29.1 Å². The number of aromatic carboxylic acids is 1. The molecule has 0 bridgehead atoms. The standard InChI is InChI=1S/C42H77NO2/c1-3-5-7-9-11-13-15-17-19-21-23-25-27-29-31-33-35-39-37-38-43-40(41(39)42(44)45)36-34-32-30-28-26-24-22-20-18-16-14-12-10-8-6-4-2/h37-38H,3-36H2,1-2H3,(H,44,45). The number of carbonyl (C=O) groups is 1. The third-order valence-corrected chi connectivity index (χ3v) is 9.90. The normalized spacial score (nSPS) is 11.4. The third-order valence-electron chi connectivity index (χ3n) is 9.90. The Morgan fingerprint density at radius 1 is 0.467 bits per heavy atom. The van der Waals surface area contributed by atoms with Crippen molar-refractivity contribution in [1.29, 1.82) is 0 Å². The largest absolute Gasteiger partial charge is 0.478 e. The van der Waals surface area contributed by atoms with E-state index in [1.807, 2.05) is 12.3 Å². The van der Waals surface area contributed by atoms with Gasteiger partial charge in [-0.2, -0.15) is 0 Å². The predicted molar refractivity (Wildman–Crippen MR) is 198 cm³/mol. The fourth-order valence-corrected chi connectivity index (χ4v) is 6.91. The van der Waals surface area contributed by atoms with Gasteiger partial charge in [-0.25, -0.2) is 4.79 Å². The predicted octanol–water partition coefficient (Wildman–Crippen LogP) is 14.4. The highest BCUT2D eigenvalue weighted by molar-refractivity contribution is 5.90. The Morgan fingerprint density at radius 2 is 0.756 bits per heavy atom. The molecule has 1 aromatic heterocycles. The molecule has 1 rings (SSSR count). The molecule has 1 N–H and O–H groups in total. The van der Waals surface area contributed by atoms with Crippen molar-refractivity contribution in [3.8, 4) is 0 Å². The molecule has 0 aliphatic heterocycles. The van der Waals surface area contributed by atoms with Crippen LogP contribution in [0.15, 0.2) is 12.3 Å². The number of pyridine rings is 1. The molecular formula is C42H77NO2. The Morgan fingerprint density at radius 3 is 1.07 bits per heavy atom. The van der Waals surface area contributed by atoms with E-state index in [0.29, 0.717) is 5.56 Å². The first-order valence-electron chi connectivity index (χ1n) is 20.4. The molecular weight excluding hydrogens is 550 g/mol. The molecule has 0 saturated heterocycles. The monoisotopic (exact) mass is 628 g/mol. The van der Waals surface area contributed by atoms with Gasteiger partial charge in [0.1, 0.15) is 0 Å². The van der Waals surface area contributed by atoms with Gasteiger partial charge in [-0.05, 0) is 37.3 Å². The van der Waals surface area contributed by atoms with Gasteiger partial charge < -0.3 is 5.11 Å². The molecule has 0 amide bonds. The fraction of sp³-hybridized carbons (Fsp3) is 0.857. The second kappa shape index (κ2) is 32.6. The Labute approximate surface area is 281 Å². The Bertz CT molecular complexity index is 722. The van der Waals surface area contributed by atoms with Crippen molar-refractivity contribution in [3.63, 3.8) is 0 Å². The number of rotatable bonds is 35. The Kier molecular flexibility index (Phi) is 30.1. The molecule has 0 saturated carbocycles. The molecule has 45 heavy (non-hydrogen) atoms. The summed E-state index contributed by atoms with van der Waals surface area (Å²) >= 11 is 0. The number of nitrogens with zero attached hydrogens (tertiary/aromatic N) is 1. The maximum Gasteiger partial charge on any atom is 0.337 e. The smallest absolute Gasteiger partial charge is 0.337 e. The van der Waals surface area contributed by atoms with Crippen LogP contribution in [0.3, 0.4) is 0 Å². The number of aryl methyl sites for hydroxylation is 2. The van der Waals surface area contributed by atoms with Gasteiger partial charge in [0.25, 0.3) is 0 Å².